The molecule has 0 aliphatic rings. The largest absolute Gasteiger partial charge is 0.499 e. The van der Waals surface area contributed by atoms with Crippen LogP contribution in [-0.2, 0) is 14.3 Å². The molecule has 0 unspecified atom stereocenters. The van der Waals surface area contributed by atoms with Gasteiger partial charge in [-0.1, -0.05) is 26.8 Å². The van der Waals surface area contributed by atoms with Crippen LogP contribution in [-0.4, -0.2) is 69.4 Å². The van der Waals surface area contributed by atoms with E-state index in [0.717, 1.165) is 25.0 Å². The number of ether oxygens (including phenoxy) is 1. The van der Waals surface area contributed by atoms with Crippen LogP contribution in [0.1, 0.15) is 33.1 Å². The zero-order valence-corrected chi connectivity index (χ0v) is 17.4. The number of hydrogen-bond donors (Lipinski definition) is 5. The molecule has 2 atom stereocenters. The molecule has 0 aromatic rings. The molecule has 0 aromatic carbocycles. The van der Waals surface area contributed by atoms with E-state index in [0.29, 0.717) is 18.1 Å². The third kappa shape index (κ3) is 27.9. The van der Waals surface area contributed by atoms with Gasteiger partial charge < -0.3 is 25.2 Å². The Kier molecular flexibility index (Phi) is 27.7. The number of thioether (sulfide) groups is 1. The second-order valence-corrected chi connectivity index (χ2v) is 6.80. The molecule has 0 aliphatic carbocycles. The molecule has 7 nitrogen and oxygen atoms in total. The monoisotopic (exact) mass is 414 g/mol. The van der Waals surface area contributed by atoms with Crippen LogP contribution in [0.4, 0.5) is 0 Å². The van der Waals surface area contributed by atoms with E-state index in [1.165, 1.54) is 6.26 Å². The van der Waals surface area contributed by atoms with Crippen LogP contribution in [0.3, 0.4) is 0 Å². The fourth-order valence-electron chi connectivity index (χ4n) is 1.04. The number of thiol groups is 1. The molecule has 0 amide bonds. The summed E-state index contributed by atoms with van der Waals surface area (Å²) in [5.74, 6) is 0.0329. The molecule has 0 radical (unpaired) electrons. The molecular formula is C17H34O7S2. The second kappa shape index (κ2) is 24.1. The summed E-state index contributed by atoms with van der Waals surface area (Å²) < 4.78 is 4.50. The van der Waals surface area contributed by atoms with Crippen molar-refractivity contribution in [2.75, 3.05) is 37.1 Å². The fraction of sp³-hybridized carbons (Fsp3) is 0.765. The maximum atomic E-state index is 10.4. The van der Waals surface area contributed by atoms with Crippen LogP contribution in [0.2, 0.25) is 0 Å². The van der Waals surface area contributed by atoms with Gasteiger partial charge in [0.05, 0.1) is 24.7 Å². The Morgan fingerprint density at radius 1 is 1.08 bits per heavy atom. The van der Waals surface area contributed by atoms with E-state index < -0.39 is 11.9 Å². The molecule has 0 fully saturated rings. The molecule has 0 bridgehead atoms. The van der Waals surface area contributed by atoms with Gasteiger partial charge in [-0.25, -0.2) is 0 Å². The van der Waals surface area contributed by atoms with Gasteiger partial charge in [0.25, 0.3) is 0 Å². The Morgan fingerprint density at radius 3 is 1.96 bits per heavy atom. The van der Waals surface area contributed by atoms with Crippen LogP contribution in [0, 0.1) is 11.8 Å². The van der Waals surface area contributed by atoms with Crippen molar-refractivity contribution in [2.24, 2.45) is 11.8 Å². The average molecular weight is 415 g/mol. The van der Waals surface area contributed by atoms with Crippen LogP contribution in [0.15, 0.2) is 12.8 Å². The van der Waals surface area contributed by atoms with Crippen LogP contribution >= 0.6 is 24.4 Å². The molecule has 0 spiro atoms. The van der Waals surface area contributed by atoms with E-state index in [1.807, 2.05) is 0 Å². The molecule has 26 heavy (non-hydrogen) atoms. The predicted molar refractivity (Wildman–Crippen MR) is 109 cm³/mol. The lowest BCUT2D eigenvalue weighted by Gasteiger charge is -2.04. The summed E-state index contributed by atoms with van der Waals surface area (Å²) in [7, 11) is 0. The van der Waals surface area contributed by atoms with Gasteiger partial charge >= 0.3 is 11.9 Å². The maximum absolute atomic E-state index is 10.4. The second-order valence-electron chi connectivity index (χ2n) is 5.28. The lowest BCUT2D eigenvalue weighted by atomic mass is 10.2. The van der Waals surface area contributed by atoms with Crippen LogP contribution in [0.5, 0.6) is 0 Å². The fourth-order valence-corrected chi connectivity index (χ4v) is 2.27. The zero-order valence-electron chi connectivity index (χ0n) is 15.7. The molecule has 4 N–H and O–H groups in total. The van der Waals surface area contributed by atoms with Gasteiger partial charge in [-0.05, 0) is 18.6 Å². The lowest BCUT2D eigenvalue weighted by molar-refractivity contribution is -0.141. The van der Waals surface area contributed by atoms with Crippen molar-refractivity contribution in [3.63, 3.8) is 0 Å². The number of unbranched alkanes of at least 4 members (excludes halogenated alkanes) is 2. The third-order valence-electron chi connectivity index (χ3n) is 2.76. The summed E-state index contributed by atoms with van der Waals surface area (Å²) in [5, 5.41) is 33.2. The summed E-state index contributed by atoms with van der Waals surface area (Å²) >= 11 is 5.45. The predicted octanol–water partition coefficient (Wildman–Crippen LogP) is 2.38. The first-order chi connectivity index (χ1) is 12.3. The molecule has 0 rings (SSSR count). The molecule has 0 saturated carbocycles. The number of carboxylic acid groups (broad SMARTS) is 2. The van der Waals surface area contributed by atoms with Gasteiger partial charge in [-0.2, -0.15) is 24.4 Å². The standard InChI is InChI=1S/C9H18O3S.C4H8O2S.C4H8O2/c1-8(9(11)12)7-13-6-4-2-3-5-10;1-3(2-7)4(5)6;1-2-6-4-3-5/h8,10H,2-7H2,1H3,(H,11,12);3,7H,2H2,1H3,(H,5,6);2,5H,1,3-4H2/t8-;3-;/m00./s1. The normalized spacial score (nSPS) is 11.7. The highest BCUT2D eigenvalue weighted by Gasteiger charge is 2.09. The molecule has 9 heteroatoms. The molecule has 0 saturated heterocycles. The van der Waals surface area contributed by atoms with E-state index in [1.54, 1.807) is 25.6 Å². The van der Waals surface area contributed by atoms with Crippen molar-refractivity contribution in [3.05, 3.63) is 12.8 Å². The van der Waals surface area contributed by atoms with Crippen molar-refractivity contribution in [1.29, 1.82) is 0 Å². The highest BCUT2D eigenvalue weighted by molar-refractivity contribution is 7.99. The Morgan fingerprint density at radius 2 is 1.65 bits per heavy atom. The van der Waals surface area contributed by atoms with Crippen LogP contribution < -0.4 is 0 Å². The summed E-state index contributed by atoms with van der Waals surface area (Å²) in [6, 6.07) is 0. The Bertz CT molecular complexity index is 341. The van der Waals surface area contributed by atoms with Crippen molar-refractivity contribution in [3.8, 4) is 0 Å². The van der Waals surface area contributed by atoms with Gasteiger partial charge in [0.1, 0.15) is 6.61 Å². The van der Waals surface area contributed by atoms with Crippen molar-refractivity contribution >= 4 is 36.3 Å². The average Bonchev–Trinajstić information content (AvgIpc) is 2.62. The smallest absolute Gasteiger partial charge is 0.307 e. The van der Waals surface area contributed by atoms with Gasteiger partial charge in [0, 0.05) is 18.1 Å². The number of carboxylic acids is 2. The number of carbonyl (C=O) groups is 2. The van der Waals surface area contributed by atoms with E-state index in [4.69, 9.17) is 20.4 Å². The first kappa shape index (κ1) is 29.8. The minimum atomic E-state index is -0.782. The van der Waals surface area contributed by atoms with E-state index in [-0.39, 0.29) is 25.0 Å². The van der Waals surface area contributed by atoms with Gasteiger partial charge in [-0.15, -0.1) is 0 Å². The minimum Gasteiger partial charge on any atom is -0.499 e. The third-order valence-corrected chi connectivity index (χ3v) is 4.62. The van der Waals surface area contributed by atoms with E-state index >= 15 is 0 Å². The first-order valence-electron chi connectivity index (χ1n) is 8.36. The molecule has 0 aromatic heterocycles. The van der Waals surface area contributed by atoms with Gasteiger partial charge in [0.2, 0.25) is 0 Å². The van der Waals surface area contributed by atoms with Crippen LogP contribution in [0.25, 0.3) is 0 Å². The molecule has 0 aliphatic heterocycles. The van der Waals surface area contributed by atoms with Crippen molar-refractivity contribution < 1.29 is 34.8 Å². The number of rotatable bonds is 13. The summed E-state index contributed by atoms with van der Waals surface area (Å²) in [5.41, 5.74) is 0. The summed E-state index contributed by atoms with van der Waals surface area (Å²) in [6.07, 6.45) is 4.26. The van der Waals surface area contributed by atoms with Crippen molar-refractivity contribution in [1.82, 2.24) is 0 Å². The van der Waals surface area contributed by atoms with Crippen molar-refractivity contribution in [2.45, 2.75) is 33.1 Å². The van der Waals surface area contributed by atoms with Gasteiger partial charge in [0.15, 0.2) is 0 Å². The highest BCUT2D eigenvalue weighted by atomic mass is 32.2. The lowest BCUT2D eigenvalue weighted by Crippen LogP contribution is -2.12. The summed E-state index contributed by atoms with van der Waals surface area (Å²) in [4.78, 5) is 20.3. The highest BCUT2D eigenvalue weighted by Crippen LogP contribution is 2.11. The Labute approximate surface area is 166 Å². The van der Waals surface area contributed by atoms with E-state index in [2.05, 4.69) is 23.9 Å². The SMILES string of the molecule is C=COCCO.C[C@@H](CS)C(=O)O.C[C@@H](CSCCCCCO)C(=O)O. The maximum Gasteiger partial charge on any atom is 0.307 e. The first-order valence-corrected chi connectivity index (χ1v) is 10.1. The zero-order chi connectivity index (χ0) is 20.8. The molecule has 156 valence electrons. The minimum absolute atomic E-state index is 0.0615. The Balaban J connectivity index is -0.000000342. The Hall–Kier alpha value is -0.900. The number of hydrogen-bond acceptors (Lipinski definition) is 7. The summed E-state index contributed by atoms with van der Waals surface area (Å²) in [6.45, 7) is 7.28. The molecular weight excluding hydrogens is 380 g/mol. The number of aliphatic hydroxyl groups is 2. The van der Waals surface area contributed by atoms with E-state index in [9.17, 15) is 9.59 Å². The quantitative estimate of drug-likeness (QED) is 0.177. The number of aliphatic hydroxyl groups excluding tert-OH is 2. The van der Waals surface area contributed by atoms with Gasteiger partial charge in [-0.3, -0.25) is 9.59 Å². The number of aliphatic carboxylic acids is 2. The topological polar surface area (TPSA) is 124 Å². The molecule has 0 heterocycles.